The number of guanidine groups is 1. The number of aliphatic imine (C=N–C) groups is 1. The van der Waals surface area contributed by atoms with Crippen LogP contribution in [-0.2, 0) is 14.3 Å². The van der Waals surface area contributed by atoms with Crippen LogP contribution in [0.15, 0.2) is 4.99 Å². The highest BCUT2D eigenvalue weighted by molar-refractivity contribution is 14.0. The van der Waals surface area contributed by atoms with E-state index in [9.17, 15) is 9.59 Å². The van der Waals surface area contributed by atoms with Gasteiger partial charge in [-0.25, -0.2) is 0 Å². The van der Waals surface area contributed by atoms with E-state index in [-0.39, 0.29) is 47.9 Å². The van der Waals surface area contributed by atoms with E-state index in [0.717, 1.165) is 32.2 Å². The third kappa shape index (κ3) is 15.8. The van der Waals surface area contributed by atoms with Crippen molar-refractivity contribution in [3.8, 4) is 0 Å². The molecule has 0 atom stereocenters. The molecule has 0 aliphatic heterocycles. The maximum Gasteiger partial charge on any atom is 0.305 e. The van der Waals surface area contributed by atoms with E-state index >= 15 is 0 Å². The molecule has 24 heavy (non-hydrogen) atoms. The van der Waals surface area contributed by atoms with Gasteiger partial charge in [-0.05, 0) is 33.6 Å². The molecule has 142 valence electrons. The summed E-state index contributed by atoms with van der Waals surface area (Å²) >= 11 is 0. The number of halogens is 1. The van der Waals surface area contributed by atoms with Gasteiger partial charge in [-0.2, -0.15) is 0 Å². The number of unbranched alkanes of at least 4 members (excludes halogenated alkanes) is 3. The zero-order chi connectivity index (χ0) is 17.7. The second-order valence-corrected chi connectivity index (χ2v) is 6.39. The topological polar surface area (TPSA) is 91.8 Å². The molecular formula is C16H33IN4O3. The number of methoxy groups -OCH3 is 1. The van der Waals surface area contributed by atoms with Gasteiger partial charge in [0, 0.05) is 25.6 Å². The summed E-state index contributed by atoms with van der Waals surface area (Å²) in [4.78, 5) is 26.7. The zero-order valence-electron chi connectivity index (χ0n) is 15.5. The molecule has 0 fully saturated rings. The summed E-state index contributed by atoms with van der Waals surface area (Å²) in [5, 5.41) is 9.03. The first-order chi connectivity index (χ1) is 10.8. The summed E-state index contributed by atoms with van der Waals surface area (Å²) in [6.45, 7) is 6.80. The van der Waals surface area contributed by atoms with E-state index in [1.165, 1.54) is 7.11 Å². The summed E-state index contributed by atoms with van der Waals surface area (Å²) in [5.74, 6) is 0.396. The van der Waals surface area contributed by atoms with Gasteiger partial charge in [0.25, 0.3) is 0 Å². The number of nitrogens with one attached hydrogen (secondary N) is 3. The Labute approximate surface area is 162 Å². The maximum absolute atomic E-state index is 11.7. The smallest absolute Gasteiger partial charge is 0.305 e. The summed E-state index contributed by atoms with van der Waals surface area (Å²) in [6.07, 6.45) is 4.35. The van der Waals surface area contributed by atoms with Gasteiger partial charge in [0.2, 0.25) is 5.91 Å². The minimum absolute atomic E-state index is 0. The van der Waals surface area contributed by atoms with Gasteiger partial charge in [0.05, 0.1) is 13.7 Å². The Bertz CT molecular complexity index is 395. The highest BCUT2D eigenvalue weighted by Crippen LogP contribution is 2.03. The number of carbonyl (C=O) groups excluding carboxylic acids is 2. The maximum atomic E-state index is 11.7. The average molecular weight is 456 g/mol. The summed E-state index contributed by atoms with van der Waals surface area (Å²) in [6, 6.07) is 0. The second kappa shape index (κ2) is 14.3. The van der Waals surface area contributed by atoms with E-state index in [1.54, 1.807) is 7.05 Å². The van der Waals surface area contributed by atoms with Crippen molar-refractivity contribution in [3.05, 3.63) is 0 Å². The lowest BCUT2D eigenvalue weighted by Crippen LogP contribution is -2.48. The summed E-state index contributed by atoms with van der Waals surface area (Å²) in [7, 11) is 3.08. The molecule has 0 aromatic heterocycles. The largest absolute Gasteiger partial charge is 0.469 e. The predicted octanol–water partition coefficient (Wildman–Crippen LogP) is 1.81. The number of nitrogens with zero attached hydrogens (tertiary/aromatic N) is 1. The van der Waals surface area contributed by atoms with Crippen LogP contribution in [0.5, 0.6) is 0 Å². The molecule has 0 aliphatic carbocycles. The van der Waals surface area contributed by atoms with Crippen LogP contribution < -0.4 is 16.0 Å². The summed E-state index contributed by atoms with van der Waals surface area (Å²) in [5.41, 5.74) is -0.236. The molecule has 0 saturated carbocycles. The highest BCUT2D eigenvalue weighted by Gasteiger charge is 2.13. The van der Waals surface area contributed by atoms with E-state index in [4.69, 9.17) is 0 Å². The first kappa shape index (κ1) is 25.2. The Morgan fingerprint density at radius 3 is 2.21 bits per heavy atom. The van der Waals surface area contributed by atoms with Crippen molar-refractivity contribution < 1.29 is 14.3 Å². The first-order valence-electron chi connectivity index (χ1n) is 8.11. The molecule has 0 aromatic carbocycles. The van der Waals surface area contributed by atoms with Gasteiger partial charge in [-0.15, -0.1) is 24.0 Å². The van der Waals surface area contributed by atoms with Crippen molar-refractivity contribution in [2.75, 3.05) is 27.2 Å². The standard InChI is InChI=1S/C16H32N4O3.HI/c1-16(2,3)20-13(21)12-19-15(17-4)18-11-9-7-6-8-10-14(22)23-5;/h6-12H2,1-5H3,(H,20,21)(H2,17,18,19);1H. The van der Waals surface area contributed by atoms with Gasteiger partial charge in [0.1, 0.15) is 0 Å². The molecule has 0 rings (SSSR count). The molecule has 1 amide bonds. The van der Waals surface area contributed by atoms with E-state index in [2.05, 4.69) is 25.7 Å². The van der Waals surface area contributed by atoms with Crippen molar-refractivity contribution in [1.29, 1.82) is 0 Å². The Balaban J connectivity index is 0. The lowest BCUT2D eigenvalue weighted by molar-refractivity contribution is -0.140. The molecule has 0 bridgehead atoms. The molecule has 7 nitrogen and oxygen atoms in total. The number of rotatable bonds is 9. The minimum atomic E-state index is -0.236. The van der Waals surface area contributed by atoms with Gasteiger partial charge in [0.15, 0.2) is 5.96 Å². The molecule has 0 aliphatic rings. The van der Waals surface area contributed by atoms with Crippen molar-refractivity contribution in [1.82, 2.24) is 16.0 Å². The van der Waals surface area contributed by atoms with Crippen LogP contribution in [0, 0.1) is 0 Å². The van der Waals surface area contributed by atoms with Gasteiger partial charge in [-0.1, -0.05) is 12.8 Å². The van der Waals surface area contributed by atoms with Crippen LogP contribution >= 0.6 is 24.0 Å². The van der Waals surface area contributed by atoms with Gasteiger partial charge in [-0.3, -0.25) is 14.6 Å². The minimum Gasteiger partial charge on any atom is -0.469 e. The Morgan fingerprint density at radius 2 is 1.67 bits per heavy atom. The zero-order valence-corrected chi connectivity index (χ0v) is 17.9. The number of ether oxygens (including phenoxy) is 1. The van der Waals surface area contributed by atoms with Crippen LogP contribution in [0.1, 0.15) is 52.9 Å². The van der Waals surface area contributed by atoms with Crippen molar-refractivity contribution in [2.24, 2.45) is 4.99 Å². The normalized spacial score (nSPS) is 11.3. The summed E-state index contributed by atoms with van der Waals surface area (Å²) < 4.78 is 4.59. The third-order valence-electron chi connectivity index (χ3n) is 2.98. The van der Waals surface area contributed by atoms with E-state index in [0.29, 0.717) is 12.4 Å². The van der Waals surface area contributed by atoms with Crippen molar-refractivity contribution >= 4 is 41.8 Å². The fraction of sp³-hybridized carbons (Fsp3) is 0.812. The monoisotopic (exact) mass is 456 g/mol. The average Bonchev–Trinajstić information content (AvgIpc) is 2.47. The second-order valence-electron chi connectivity index (χ2n) is 6.39. The van der Waals surface area contributed by atoms with Crippen LogP contribution in [0.25, 0.3) is 0 Å². The molecule has 3 N–H and O–H groups in total. The molecule has 0 saturated heterocycles. The lowest BCUT2D eigenvalue weighted by Gasteiger charge is -2.21. The Morgan fingerprint density at radius 1 is 1.04 bits per heavy atom. The molecule has 0 spiro atoms. The SMILES string of the molecule is CN=C(NCCCCCCC(=O)OC)NCC(=O)NC(C)(C)C.I. The Hall–Kier alpha value is -1.06. The van der Waals surface area contributed by atoms with Crippen molar-refractivity contribution in [2.45, 2.75) is 58.4 Å². The number of esters is 1. The van der Waals surface area contributed by atoms with E-state index < -0.39 is 0 Å². The molecule has 0 unspecified atom stereocenters. The third-order valence-corrected chi connectivity index (χ3v) is 2.98. The van der Waals surface area contributed by atoms with Crippen LogP contribution in [-0.4, -0.2) is 50.6 Å². The predicted molar refractivity (Wildman–Crippen MR) is 108 cm³/mol. The molecular weight excluding hydrogens is 423 g/mol. The first-order valence-corrected chi connectivity index (χ1v) is 8.11. The number of amides is 1. The fourth-order valence-electron chi connectivity index (χ4n) is 1.90. The Kier molecular flexibility index (Phi) is 15.0. The van der Waals surface area contributed by atoms with Crippen molar-refractivity contribution in [3.63, 3.8) is 0 Å². The van der Waals surface area contributed by atoms with Crippen LogP contribution in [0.3, 0.4) is 0 Å². The van der Waals surface area contributed by atoms with Crippen LogP contribution in [0.2, 0.25) is 0 Å². The quantitative estimate of drug-likeness (QED) is 0.162. The molecule has 0 radical (unpaired) electrons. The molecule has 0 heterocycles. The molecule has 8 heteroatoms. The number of hydrogen-bond donors (Lipinski definition) is 3. The fourth-order valence-corrected chi connectivity index (χ4v) is 1.90. The van der Waals surface area contributed by atoms with Gasteiger partial charge < -0.3 is 20.7 Å². The molecule has 0 aromatic rings. The van der Waals surface area contributed by atoms with Gasteiger partial charge >= 0.3 is 5.97 Å². The van der Waals surface area contributed by atoms with Crippen LogP contribution in [0.4, 0.5) is 0 Å². The lowest BCUT2D eigenvalue weighted by atomic mass is 10.1. The highest BCUT2D eigenvalue weighted by atomic mass is 127. The number of carbonyl (C=O) groups is 2. The van der Waals surface area contributed by atoms with E-state index in [1.807, 2.05) is 20.8 Å². The number of hydrogen-bond acceptors (Lipinski definition) is 4.